The zero-order valence-corrected chi connectivity index (χ0v) is 15.8. The molecule has 4 heteroatoms. The fourth-order valence-corrected chi connectivity index (χ4v) is 7.35. The summed E-state index contributed by atoms with van der Waals surface area (Å²) in [4.78, 5) is 24.2. The van der Waals surface area contributed by atoms with Crippen molar-refractivity contribution in [2.24, 2.45) is 34.5 Å². The highest BCUT2D eigenvalue weighted by Gasteiger charge is 2.63. The van der Waals surface area contributed by atoms with Gasteiger partial charge in [0.2, 0.25) is 0 Å². The predicted molar refractivity (Wildman–Crippen MR) is 93.7 cm³/mol. The van der Waals surface area contributed by atoms with Crippen LogP contribution in [-0.4, -0.2) is 29.1 Å². The average Bonchev–Trinajstić information content (AvgIpc) is 2.79. The highest BCUT2D eigenvalue weighted by atomic mass is 16.5. The summed E-state index contributed by atoms with van der Waals surface area (Å²) in [5.41, 5.74) is 0.132. The van der Waals surface area contributed by atoms with Gasteiger partial charge in [-0.3, -0.25) is 9.59 Å². The Morgan fingerprint density at radius 1 is 1.08 bits per heavy atom. The van der Waals surface area contributed by atoms with Gasteiger partial charge in [-0.2, -0.15) is 0 Å². The van der Waals surface area contributed by atoms with Gasteiger partial charge < -0.3 is 9.84 Å². The van der Waals surface area contributed by atoms with E-state index >= 15 is 0 Å². The maximum absolute atomic E-state index is 12.7. The zero-order valence-electron chi connectivity index (χ0n) is 15.8. The lowest BCUT2D eigenvalue weighted by atomic mass is 9.45. The van der Waals surface area contributed by atoms with E-state index in [0.29, 0.717) is 35.5 Å². The molecule has 0 aromatic heterocycles. The van der Waals surface area contributed by atoms with E-state index in [1.807, 2.05) is 0 Å². The first-order valence-corrected chi connectivity index (χ1v) is 10.1. The van der Waals surface area contributed by atoms with Crippen LogP contribution in [0.3, 0.4) is 0 Å². The molecule has 0 unspecified atom stereocenters. The van der Waals surface area contributed by atoms with Crippen molar-refractivity contribution in [2.45, 2.75) is 84.3 Å². The van der Waals surface area contributed by atoms with E-state index in [9.17, 15) is 14.7 Å². The number of carbonyl (C=O) groups excluding carboxylic acids is 2. The second kappa shape index (κ2) is 5.80. The summed E-state index contributed by atoms with van der Waals surface area (Å²) < 4.78 is 5.50. The van der Waals surface area contributed by atoms with Crippen molar-refractivity contribution in [1.82, 2.24) is 0 Å². The normalized spacial score (nSPS) is 52.1. The molecule has 8 atom stereocenters. The minimum atomic E-state index is -0.533. The zero-order chi connectivity index (χ0) is 18.0. The average molecular weight is 348 g/mol. The molecule has 0 spiro atoms. The van der Waals surface area contributed by atoms with Gasteiger partial charge in [0.1, 0.15) is 0 Å². The summed E-state index contributed by atoms with van der Waals surface area (Å²) in [6, 6.07) is 0. The Hall–Kier alpha value is -0.900. The number of carbonyl (C=O) groups is 2. The smallest absolute Gasteiger partial charge is 0.303 e. The van der Waals surface area contributed by atoms with Crippen molar-refractivity contribution in [3.05, 3.63) is 0 Å². The molecule has 4 rings (SSSR count). The van der Waals surface area contributed by atoms with Crippen LogP contribution < -0.4 is 0 Å². The monoisotopic (exact) mass is 348 g/mol. The third-order valence-corrected chi connectivity index (χ3v) is 8.67. The summed E-state index contributed by atoms with van der Waals surface area (Å²) in [6.45, 7) is 6.05. The van der Waals surface area contributed by atoms with Gasteiger partial charge in [0.05, 0.1) is 6.10 Å². The van der Waals surface area contributed by atoms with Crippen LogP contribution in [0.25, 0.3) is 0 Å². The second-order valence-corrected chi connectivity index (χ2v) is 9.79. The Labute approximate surface area is 150 Å². The summed E-state index contributed by atoms with van der Waals surface area (Å²) in [7, 11) is 0. The maximum Gasteiger partial charge on any atom is 0.303 e. The minimum Gasteiger partial charge on any atom is -0.454 e. The van der Waals surface area contributed by atoms with Gasteiger partial charge in [-0.25, -0.2) is 0 Å². The van der Waals surface area contributed by atoms with Gasteiger partial charge in [-0.1, -0.05) is 13.8 Å². The molecule has 140 valence electrons. The topological polar surface area (TPSA) is 63.6 Å². The van der Waals surface area contributed by atoms with Crippen molar-refractivity contribution >= 4 is 11.8 Å². The van der Waals surface area contributed by atoms with Crippen LogP contribution in [0.5, 0.6) is 0 Å². The molecule has 0 aromatic rings. The molecule has 1 N–H and O–H groups in total. The largest absolute Gasteiger partial charge is 0.454 e. The molecule has 4 aliphatic carbocycles. The molecular formula is C21H32O4. The van der Waals surface area contributed by atoms with Gasteiger partial charge in [0, 0.05) is 18.8 Å². The van der Waals surface area contributed by atoms with Gasteiger partial charge >= 0.3 is 5.97 Å². The summed E-state index contributed by atoms with van der Waals surface area (Å²) in [5, 5.41) is 10.1. The molecule has 25 heavy (non-hydrogen) atoms. The van der Waals surface area contributed by atoms with E-state index in [1.54, 1.807) is 0 Å². The maximum atomic E-state index is 12.7. The number of aliphatic hydroxyl groups excluding tert-OH is 1. The lowest BCUT2D eigenvalue weighted by molar-refractivity contribution is -0.166. The number of hydrogen-bond acceptors (Lipinski definition) is 4. The van der Waals surface area contributed by atoms with Gasteiger partial charge in [0.15, 0.2) is 11.9 Å². The molecule has 4 saturated carbocycles. The highest BCUT2D eigenvalue weighted by Crippen LogP contribution is 2.66. The van der Waals surface area contributed by atoms with E-state index < -0.39 is 6.10 Å². The van der Waals surface area contributed by atoms with Crippen molar-refractivity contribution in [3.63, 3.8) is 0 Å². The molecular weight excluding hydrogens is 316 g/mol. The van der Waals surface area contributed by atoms with Gasteiger partial charge in [-0.05, 0) is 74.0 Å². The lowest BCUT2D eigenvalue weighted by Gasteiger charge is -2.60. The van der Waals surface area contributed by atoms with E-state index in [-0.39, 0.29) is 23.3 Å². The Morgan fingerprint density at radius 3 is 2.52 bits per heavy atom. The van der Waals surface area contributed by atoms with Crippen molar-refractivity contribution in [1.29, 1.82) is 0 Å². The Kier molecular flexibility index (Phi) is 4.06. The number of ether oxygens (including phenoxy) is 1. The summed E-state index contributed by atoms with van der Waals surface area (Å²) in [6.07, 6.45) is 7.37. The van der Waals surface area contributed by atoms with Crippen LogP contribution >= 0.6 is 0 Å². The standard InChI is InChI=1S/C21H32O4/c1-12(22)25-19-18(24)11-17-15-5-4-13-10-14(23)6-8-20(13,2)16(15)7-9-21(17,19)3/h13-17,19,23H,4-11H2,1-3H3/t13-,14-,15-,16+,17+,19+,20+,21+/m0/s1. The molecule has 0 aliphatic heterocycles. The third-order valence-electron chi connectivity index (χ3n) is 8.67. The fraction of sp³-hybridized carbons (Fsp3) is 0.905. The van der Waals surface area contributed by atoms with E-state index in [1.165, 1.54) is 13.3 Å². The van der Waals surface area contributed by atoms with E-state index in [0.717, 1.165) is 38.5 Å². The highest BCUT2D eigenvalue weighted by molar-refractivity contribution is 5.89. The van der Waals surface area contributed by atoms with Crippen LogP contribution in [0.2, 0.25) is 0 Å². The number of ketones is 1. The first-order chi connectivity index (χ1) is 11.8. The number of aliphatic hydroxyl groups is 1. The van der Waals surface area contributed by atoms with Crippen LogP contribution in [0.15, 0.2) is 0 Å². The molecule has 4 fully saturated rings. The Bertz CT molecular complexity index is 586. The SMILES string of the molecule is CC(=O)O[C@@H]1C(=O)C[C@@H]2[C@H]3CC[C@H]4C[C@@H](O)CC[C@@]4(C)[C@@H]3CC[C@@]12C. The van der Waals surface area contributed by atoms with Crippen molar-refractivity contribution < 1.29 is 19.4 Å². The number of rotatable bonds is 1. The minimum absolute atomic E-state index is 0.120. The van der Waals surface area contributed by atoms with Gasteiger partial charge in [0.25, 0.3) is 0 Å². The van der Waals surface area contributed by atoms with Crippen molar-refractivity contribution in [3.8, 4) is 0 Å². The van der Waals surface area contributed by atoms with Crippen LogP contribution in [0.4, 0.5) is 0 Å². The van der Waals surface area contributed by atoms with Crippen LogP contribution in [-0.2, 0) is 14.3 Å². The summed E-state index contributed by atoms with van der Waals surface area (Å²) >= 11 is 0. The van der Waals surface area contributed by atoms with E-state index in [4.69, 9.17) is 4.74 Å². The van der Waals surface area contributed by atoms with Crippen LogP contribution in [0.1, 0.15) is 72.1 Å². The molecule has 4 nitrogen and oxygen atoms in total. The van der Waals surface area contributed by atoms with Gasteiger partial charge in [-0.15, -0.1) is 0 Å². The first-order valence-electron chi connectivity index (χ1n) is 10.1. The quantitative estimate of drug-likeness (QED) is 0.737. The predicted octanol–water partition coefficient (Wildman–Crippen LogP) is 3.50. The van der Waals surface area contributed by atoms with Crippen molar-refractivity contribution in [2.75, 3.05) is 0 Å². The molecule has 0 heterocycles. The third kappa shape index (κ3) is 2.50. The number of esters is 1. The number of Topliss-reactive ketones (excluding diaryl/α,β-unsaturated/α-hetero) is 1. The molecule has 0 saturated heterocycles. The van der Waals surface area contributed by atoms with E-state index in [2.05, 4.69) is 13.8 Å². The number of fused-ring (bicyclic) bond motifs is 5. The summed E-state index contributed by atoms with van der Waals surface area (Å²) in [5.74, 6) is 2.00. The fourth-order valence-electron chi connectivity index (χ4n) is 7.35. The Balaban J connectivity index is 1.61. The molecule has 0 aromatic carbocycles. The molecule has 0 radical (unpaired) electrons. The molecule has 0 bridgehead atoms. The second-order valence-electron chi connectivity index (χ2n) is 9.79. The molecule has 4 aliphatic rings. The first kappa shape index (κ1) is 17.5. The molecule has 0 amide bonds. The Morgan fingerprint density at radius 2 is 1.80 bits per heavy atom. The van der Waals surface area contributed by atoms with Crippen LogP contribution in [0, 0.1) is 34.5 Å². The lowest BCUT2D eigenvalue weighted by Crippen LogP contribution is -2.54. The number of hydrogen-bond donors (Lipinski definition) is 1.